The molecule has 0 aromatic carbocycles. The van der Waals surface area contributed by atoms with Crippen molar-refractivity contribution < 1.29 is 4.79 Å². The van der Waals surface area contributed by atoms with Crippen molar-refractivity contribution in [1.82, 2.24) is 15.2 Å². The van der Waals surface area contributed by atoms with Crippen molar-refractivity contribution >= 4 is 17.5 Å². The summed E-state index contributed by atoms with van der Waals surface area (Å²) in [7, 11) is 0. The van der Waals surface area contributed by atoms with E-state index in [0.717, 1.165) is 6.54 Å². The van der Waals surface area contributed by atoms with E-state index in [4.69, 9.17) is 11.6 Å². The van der Waals surface area contributed by atoms with Gasteiger partial charge in [-0.3, -0.25) is 9.78 Å². The molecule has 1 aromatic rings. The topological polar surface area (TPSA) is 45.2 Å². The van der Waals surface area contributed by atoms with Gasteiger partial charge in [-0.15, -0.1) is 0 Å². The van der Waals surface area contributed by atoms with E-state index in [0.29, 0.717) is 16.5 Å². The molecule has 1 unspecified atom stereocenters. The average molecular weight is 266 g/mol. The summed E-state index contributed by atoms with van der Waals surface area (Å²) in [6, 6.07) is 1.91. The van der Waals surface area contributed by atoms with Gasteiger partial charge in [0.2, 0.25) is 0 Å². The molecular formula is C13H16ClN3O. The molecule has 18 heavy (non-hydrogen) atoms. The van der Waals surface area contributed by atoms with Crippen LogP contribution in [0.15, 0.2) is 18.5 Å². The molecule has 3 saturated heterocycles. The Kier molecular flexibility index (Phi) is 3.22. The van der Waals surface area contributed by atoms with Crippen LogP contribution in [0.2, 0.25) is 5.02 Å². The van der Waals surface area contributed by atoms with Crippen LogP contribution in [-0.2, 0) is 0 Å². The minimum Gasteiger partial charge on any atom is -0.348 e. The number of carbonyl (C=O) groups excluding carboxylic acids is 1. The third kappa shape index (κ3) is 2.22. The third-order valence-electron chi connectivity index (χ3n) is 3.99. The van der Waals surface area contributed by atoms with Gasteiger partial charge >= 0.3 is 0 Å². The highest BCUT2D eigenvalue weighted by molar-refractivity contribution is 6.33. The molecule has 0 aliphatic carbocycles. The van der Waals surface area contributed by atoms with Crippen LogP contribution in [0.1, 0.15) is 23.2 Å². The molecule has 0 saturated carbocycles. The molecule has 4 rings (SSSR count). The second-order valence-corrected chi connectivity index (χ2v) is 5.48. The molecule has 0 spiro atoms. The van der Waals surface area contributed by atoms with Crippen LogP contribution in [0.3, 0.4) is 0 Å². The zero-order chi connectivity index (χ0) is 12.5. The first-order chi connectivity index (χ1) is 8.74. The number of carbonyl (C=O) groups is 1. The van der Waals surface area contributed by atoms with Crippen molar-refractivity contribution in [2.75, 3.05) is 19.6 Å². The van der Waals surface area contributed by atoms with Crippen molar-refractivity contribution in [2.45, 2.75) is 18.9 Å². The molecule has 1 aromatic heterocycles. The number of nitrogens with one attached hydrogen (secondary N) is 1. The highest BCUT2D eigenvalue weighted by Gasteiger charge is 2.35. The summed E-state index contributed by atoms with van der Waals surface area (Å²) < 4.78 is 0. The van der Waals surface area contributed by atoms with E-state index in [1.807, 2.05) is 0 Å². The fourth-order valence-corrected chi connectivity index (χ4v) is 3.11. The lowest BCUT2D eigenvalue weighted by Crippen LogP contribution is -2.57. The second kappa shape index (κ2) is 4.86. The van der Waals surface area contributed by atoms with E-state index in [1.54, 1.807) is 12.3 Å². The minimum absolute atomic E-state index is 0.105. The minimum atomic E-state index is -0.105. The van der Waals surface area contributed by atoms with Crippen LogP contribution in [-0.4, -0.2) is 41.5 Å². The van der Waals surface area contributed by atoms with Crippen molar-refractivity contribution in [3.8, 4) is 0 Å². The summed E-state index contributed by atoms with van der Waals surface area (Å²) in [4.78, 5) is 18.5. The summed E-state index contributed by atoms with van der Waals surface area (Å²) in [5.41, 5.74) is 0.468. The number of fused-ring (bicyclic) bond motifs is 3. The van der Waals surface area contributed by atoms with Crippen LogP contribution in [0.5, 0.6) is 0 Å². The van der Waals surface area contributed by atoms with E-state index in [9.17, 15) is 4.79 Å². The Labute approximate surface area is 111 Å². The first-order valence-electron chi connectivity index (χ1n) is 6.37. The van der Waals surface area contributed by atoms with Crippen molar-refractivity contribution in [2.24, 2.45) is 5.92 Å². The predicted octanol–water partition coefficient (Wildman–Crippen LogP) is 1.56. The first-order valence-corrected chi connectivity index (χ1v) is 6.74. The number of hydrogen-bond acceptors (Lipinski definition) is 3. The van der Waals surface area contributed by atoms with Gasteiger partial charge in [-0.25, -0.2) is 0 Å². The Morgan fingerprint density at radius 3 is 2.83 bits per heavy atom. The summed E-state index contributed by atoms with van der Waals surface area (Å²) in [6.45, 7) is 3.31. The standard InChI is InChI=1S/C13H16ClN3O/c14-11-1-4-15-7-10(11)13(18)16-12-8-17-5-2-9(12)3-6-17/h1,4,7,9,12H,2-3,5-6,8H2,(H,16,18). The number of nitrogens with zero attached hydrogens (tertiary/aromatic N) is 2. The summed E-state index contributed by atoms with van der Waals surface area (Å²) in [5, 5.41) is 3.56. The zero-order valence-electron chi connectivity index (χ0n) is 10.1. The lowest BCUT2D eigenvalue weighted by molar-refractivity contribution is 0.0620. The molecule has 4 nitrogen and oxygen atoms in total. The molecular weight excluding hydrogens is 250 g/mol. The normalized spacial score (nSPS) is 30.2. The van der Waals surface area contributed by atoms with E-state index in [1.165, 1.54) is 32.1 Å². The molecule has 1 N–H and O–H groups in total. The quantitative estimate of drug-likeness (QED) is 0.883. The highest BCUT2D eigenvalue weighted by atomic mass is 35.5. The van der Waals surface area contributed by atoms with Gasteiger partial charge in [0.25, 0.3) is 5.91 Å². The van der Waals surface area contributed by atoms with Gasteiger partial charge in [0.1, 0.15) is 0 Å². The van der Waals surface area contributed by atoms with Gasteiger partial charge in [-0.05, 0) is 37.9 Å². The lowest BCUT2D eigenvalue weighted by Gasteiger charge is -2.44. The average Bonchev–Trinajstić information content (AvgIpc) is 2.40. The largest absolute Gasteiger partial charge is 0.348 e. The SMILES string of the molecule is O=C(NC1CN2CCC1CC2)c1cnccc1Cl. The van der Waals surface area contributed by atoms with Crippen molar-refractivity contribution in [3.63, 3.8) is 0 Å². The van der Waals surface area contributed by atoms with Crippen LogP contribution in [0, 0.1) is 5.92 Å². The smallest absolute Gasteiger partial charge is 0.254 e. The molecule has 1 amide bonds. The molecule has 3 fully saturated rings. The second-order valence-electron chi connectivity index (χ2n) is 5.07. The molecule has 96 valence electrons. The summed E-state index contributed by atoms with van der Waals surface area (Å²) in [5.74, 6) is 0.515. The van der Waals surface area contributed by atoms with Gasteiger partial charge < -0.3 is 10.2 Å². The number of halogens is 1. The highest BCUT2D eigenvalue weighted by Crippen LogP contribution is 2.27. The zero-order valence-corrected chi connectivity index (χ0v) is 10.9. The molecule has 0 radical (unpaired) electrons. The summed E-state index contributed by atoms with van der Waals surface area (Å²) in [6.07, 6.45) is 5.49. The van der Waals surface area contributed by atoms with Crippen LogP contribution >= 0.6 is 11.6 Å². The van der Waals surface area contributed by atoms with Crippen LogP contribution in [0.25, 0.3) is 0 Å². The molecule has 3 aliphatic rings. The molecule has 2 bridgehead atoms. The predicted molar refractivity (Wildman–Crippen MR) is 69.7 cm³/mol. The number of hydrogen-bond donors (Lipinski definition) is 1. The Morgan fingerprint density at radius 1 is 1.44 bits per heavy atom. The molecule has 4 heterocycles. The molecule has 1 atom stereocenters. The van der Waals surface area contributed by atoms with E-state index < -0.39 is 0 Å². The molecule has 3 aliphatic heterocycles. The van der Waals surface area contributed by atoms with Crippen LogP contribution in [0.4, 0.5) is 0 Å². The van der Waals surface area contributed by atoms with Gasteiger partial charge in [0.05, 0.1) is 10.6 Å². The fraction of sp³-hybridized carbons (Fsp3) is 0.538. The van der Waals surface area contributed by atoms with Gasteiger partial charge in [-0.2, -0.15) is 0 Å². The Morgan fingerprint density at radius 2 is 2.22 bits per heavy atom. The van der Waals surface area contributed by atoms with Crippen molar-refractivity contribution in [3.05, 3.63) is 29.0 Å². The lowest BCUT2D eigenvalue weighted by atomic mass is 9.84. The van der Waals surface area contributed by atoms with Gasteiger partial charge in [0, 0.05) is 25.0 Å². The number of rotatable bonds is 2. The molecule has 5 heteroatoms. The number of aromatic nitrogens is 1. The maximum Gasteiger partial charge on any atom is 0.254 e. The Balaban J connectivity index is 1.70. The van der Waals surface area contributed by atoms with E-state index >= 15 is 0 Å². The number of amides is 1. The van der Waals surface area contributed by atoms with E-state index in [2.05, 4.69) is 15.2 Å². The summed E-state index contributed by atoms with van der Waals surface area (Å²) >= 11 is 6.00. The van der Waals surface area contributed by atoms with Crippen LogP contribution < -0.4 is 5.32 Å². The third-order valence-corrected chi connectivity index (χ3v) is 4.31. The fourth-order valence-electron chi connectivity index (χ4n) is 2.92. The Hall–Kier alpha value is -1.13. The van der Waals surface area contributed by atoms with Gasteiger partial charge in [0.15, 0.2) is 0 Å². The maximum absolute atomic E-state index is 12.2. The van der Waals surface area contributed by atoms with Crippen molar-refractivity contribution in [1.29, 1.82) is 0 Å². The first kappa shape index (κ1) is 11.9. The maximum atomic E-state index is 12.2. The number of pyridine rings is 1. The van der Waals surface area contributed by atoms with Gasteiger partial charge in [-0.1, -0.05) is 11.6 Å². The monoisotopic (exact) mass is 265 g/mol. The number of piperidine rings is 3. The Bertz CT molecular complexity index is 457. The van der Waals surface area contributed by atoms with E-state index in [-0.39, 0.29) is 11.9 Å².